The summed E-state index contributed by atoms with van der Waals surface area (Å²) in [7, 11) is 1.75. The number of carbonyl (C=O) groups excluding carboxylic acids is 1. The fourth-order valence-electron chi connectivity index (χ4n) is 3.60. The topological polar surface area (TPSA) is 41.6 Å². The van der Waals surface area contributed by atoms with Crippen molar-refractivity contribution in [1.82, 2.24) is 0 Å². The van der Waals surface area contributed by atoms with Gasteiger partial charge in [-0.2, -0.15) is 0 Å². The maximum Gasteiger partial charge on any atom is 0.255 e. The lowest BCUT2D eigenvalue weighted by atomic mass is 10.0. The lowest BCUT2D eigenvalue weighted by molar-refractivity contribution is 0.102. The molecule has 154 valence electrons. The molecule has 0 saturated carbocycles. The molecule has 1 heterocycles. The van der Waals surface area contributed by atoms with Crippen LogP contribution in [0.4, 0.5) is 11.4 Å². The minimum atomic E-state index is -0.149. The van der Waals surface area contributed by atoms with Crippen molar-refractivity contribution in [3.05, 3.63) is 82.3 Å². The molecule has 1 saturated heterocycles. The van der Waals surface area contributed by atoms with Crippen molar-refractivity contribution in [2.24, 2.45) is 0 Å². The van der Waals surface area contributed by atoms with Gasteiger partial charge in [-0.05, 0) is 66.1 Å². The van der Waals surface area contributed by atoms with Crippen LogP contribution in [0, 0.1) is 0 Å². The molecule has 1 atom stereocenters. The van der Waals surface area contributed by atoms with Gasteiger partial charge in [-0.25, -0.2) is 0 Å². The minimum absolute atomic E-state index is 0.149. The molecule has 30 heavy (non-hydrogen) atoms. The van der Waals surface area contributed by atoms with Crippen molar-refractivity contribution < 1.29 is 9.53 Å². The van der Waals surface area contributed by atoms with Crippen LogP contribution in [-0.4, -0.2) is 32.2 Å². The Hall–Kier alpha value is -2.53. The van der Waals surface area contributed by atoms with Gasteiger partial charge in [0.2, 0.25) is 0 Å². The second kappa shape index (κ2) is 9.09. The van der Waals surface area contributed by atoms with Crippen molar-refractivity contribution >= 4 is 40.5 Å². The largest absolute Gasteiger partial charge is 0.380 e. The molecule has 0 aromatic heterocycles. The average Bonchev–Trinajstić information content (AvgIpc) is 3.26. The zero-order valence-electron chi connectivity index (χ0n) is 16.6. The first-order valence-electron chi connectivity index (χ1n) is 9.78. The van der Waals surface area contributed by atoms with Crippen molar-refractivity contribution in [3.63, 3.8) is 0 Å². The summed E-state index contributed by atoms with van der Waals surface area (Å²) in [6.45, 7) is 1.88. The van der Waals surface area contributed by atoms with E-state index in [1.54, 1.807) is 25.3 Å². The number of ether oxygens (including phenoxy) is 1. The molecule has 4 rings (SSSR count). The summed E-state index contributed by atoms with van der Waals surface area (Å²) < 4.78 is 5.42. The van der Waals surface area contributed by atoms with E-state index in [-0.39, 0.29) is 12.0 Å². The lowest BCUT2D eigenvalue weighted by Crippen LogP contribution is -2.22. The number of hydrogen-bond acceptors (Lipinski definition) is 3. The second-order valence-corrected chi connectivity index (χ2v) is 8.11. The van der Waals surface area contributed by atoms with Gasteiger partial charge >= 0.3 is 0 Å². The summed E-state index contributed by atoms with van der Waals surface area (Å²) in [6, 6.07) is 20.8. The molecule has 1 aliphatic heterocycles. The number of carbonyl (C=O) groups is 1. The number of hydrogen-bond donors (Lipinski definition) is 1. The Balaban J connectivity index is 1.40. The molecule has 3 aromatic carbocycles. The van der Waals surface area contributed by atoms with Gasteiger partial charge in [0.15, 0.2) is 0 Å². The number of rotatable bonds is 5. The standard InChI is InChI=1S/C24H22Cl2N2O2/c1-30-21-12-13-28(15-21)20-9-7-19(8-10-20)27-24(29)17-4-2-16(3-5-17)18-6-11-22(25)23(26)14-18/h2-11,14,21H,12-13,15H2,1H3,(H,27,29). The highest BCUT2D eigenvalue weighted by atomic mass is 35.5. The van der Waals surface area contributed by atoms with Gasteiger partial charge in [0.25, 0.3) is 5.91 Å². The van der Waals surface area contributed by atoms with Gasteiger partial charge in [-0.15, -0.1) is 0 Å². The predicted octanol–water partition coefficient (Wildman–Crippen LogP) is 6.14. The third-order valence-corrected chi connectivity index (χ3v) is 6.11. The van der Waals surface area contributed by atoms with E-state index in [0.717, 1.165) is 42.0 Å². The molecular formula is C24H22Cl2N2O2. The Morgan fingerprint density at radius 1 is 0.967 bits per heavy atom. The number of benzene rings is 3. The summed E-state index contributed by atoms with van der Waals surface area (Å²) in [6.07, 6.45) is 1.32. The summed E-state index contributed by atoms with van der Waals surface area (Å²) in [5, 5.41) is 3.98. The first-order valence-corrected chi connectivity index (χ1v) is 10.5. The minimum Gasteiger partial charge on any atom is -0.380 e. The first-order chi connectivity index (χ1) is 14.5. The molecule has 0 aliphatic carbocycles. The van der Waals surface area contributed by atoms with Crippen LogP contribution in [0.3, 0.4) is 0 Å². The molecule has 1 amide bonds. The number of amides is 1. The zero-order chi connectivity index (χ0) is 21.1. The van der Waals surface area contributed by atoms with E-state index in [1.165, 1.54) is 0 Å². The van der Waals surface area contributed by atoms with Crippen molar-refractivity contribution in [1.29, 1.82) is 0 Å². The molecule has 4 nitrogen and oxygen atoms in total. The molecule has 1 fully saturated rings. The van der Waals surface area contributed by atoms with Gasteiger partial charge < -0.3 is 15.0 Å². The summed E-state index contributed by atoms with van der Waals surface area (Å²) in [5.41, 5.74) is 4.41. The highest BCUT2D eigenvalue weighted by Gasteiger charge is 2.22. The van der Waals surface area contributed by atoms with Crippen LogP contribution in [0.25, 0.3) is 11.1 Å². The SMILES string of the molecule is COC1CCN(c2ccc(NC(=O)c3ccc(-c4ccc(Cl)c(Cl)c4)cc3)cc2)C1. The highest BCUT2D eigenvalue weighted by molar-refractivity contribution is 6.42. The predicted molar refractivity (Wildman–Crippen MR) is 124 cm³/mol. The first kappa shape index (κ1) is 20.7. The average molecular weight is 441 g/mol. The molecule has 1 aliphatic rings. The van der Waals surface area contributed by atoms with Crippen molar-refractivity contribution in [2.45, 2.75) is 12.5 Å². The monoisotopic (exact) mass is 440 g/mol. The molecule has 1 unspecified atom stereocenters. The molecule has 6 heteroatoms. The van der Waals surface area contributed by atoms with Crippen molar-refractivity contribution in [2.75, 3.05) is 30.4 Å². The van der Waals surface area contributed by atoms with Crippen LogP contribution in [0.15, 0.2) is 66.7 Å². The normalized spacial score (nSPS) is 16.0. The smallest absolute Gasteiger partial charge is 0.255 e. The zero-order valence-corrected chi connectivity index (χ0v) is 18.1. The van der Waals surface area contributed by atoms with E-state index in [9.17, 15) is 4.79 Å². The van der Waals surface area contributed by atoms with Gasteiger partial charge in [-0.1, -0.05) is 41.4 Å². The Morgan fingerprint density at radius 2 is 1.67 bits per heavy atom. The van der Waals surface area contributed by atoms with E-state index in [0.29, 0.717) is 15.6 Å². The summed E-state index contributed by atoms with van der Waals surface area (Å²) in [4.78, 5) is 14.9. The van der Waals surface area contributed by atoms with E-state index in [2.05, 4.69) is 10.2 Å². The Bertz CT molecular complexity index is 1040. The molecule has 0 bridgehead atoms. The highest BCUT2D eigenvalue weighted by Crippen LogP contribution is 2.29. The molecule has 3 aromatic rings. The number of nitrogens with one attached hydrogen (secondary N) is 1. The van der Waals surface area contributed by atoms with Crippen LogP contribution in [0.2, 0.25) is 10.0 Å². The molecule has 0 radical (unpaired) electrons. The number of methoxy groups -OCH3 is 1. The molecular weight excluding hydrogens is 419 g/mol. The second-order valence-electron chi connectivity index (χ2n) is 7.30. The van der Waals surface area contributed by atoms with Crippen LogP contribution in [-0.2, 0) is 4.74 Å². The van der Waals surface area contributed by atoms with E-state index in [1.807, 2.05) is 48.5 Å². The fraction of sp³-hybridized carbons (Fsp3) is 0.208. The Morgan fingerprint density at radius 3 is 2.30 bits per heavy atom. The Kier molecular flexibility index (Phi) is 6.28. The maximum absolute atomic E-state index is 12.6. The third kappa shape index (κ3) is 4.62. The van der Waals surface area contributed by atoms with E-state index >= 15 is 0 Å². The molecule has 1 N–H and O–H groups in total. The Labute approximate surface area is 186 Å². The van der Waals surface area contributed by atoms with E-state index in [4.69, 9.17) is 27.9 Å². The number of nitrogens with zero attached hydrogens (tertiary/aromatic N) is 1. The van der Waals surface area contributed by atoms with Gasteiger partial charge in [-0.3, -0.25) is 4.79 Å². The van der Waals surface area contributed by atoms with Crippen LogP contribution >= 0.6 is 23.2 Å². The summed E-state index contributed by atoms with van der Waals surface area (Å²) in [5.74, 6) is -0.149. The number of halogens is 2. The van der Waals surface area contributed by atoms with Gasteiger partial charge in [0.05, 0.1) is 16.1 Å². The van der Waals surface area contributed by atoms with Crippen LogP contribution < -0.4 is 10.2 Å². The molecule has 0 spiro atoms. The van der Waals surface area contributed by atoms with Crippen LogP contribution in [0.1, 0.15) is 16.8 Å². The van der Waals surface area contributed by atoms with Gasteiger partial charge in [0.1, 0.15) is 0 Å². The van der Waals surface area contributed by atoms with Gasteiger partial charge in [0, 0.05) is 37.1 Å². The quantitative estimate of drug-likeness (QED) is 0.517. The summed E-state index contributed by atoms with van der Waals surface area (Å²) >= 11 is 12.1. The third-order valence-electron chi connectivity index (χ3n) is 5.37. The van der Waals surface area contributed by atoms with Crippen molar-refractivity contribution in [3.8, 4) is 11.1 Å². The lowest BCUT2D eigenvalue weighted by Gasteiger charge is -2.18. The fourth-order valence-corrected chi connectivity index (χ4v) is 3.90. The van der Waals surface area contributed by atoms with E-state index < -0.39 is 0 Å². The number of anilines is 2. The van der Waals surface area contributed by atoms with Crippen LogP contribution in [0.5, 0.6) is 0 Å². The maximum atomic E-state index is 12.6.